The molecular formula is C12H28ClN. The molecule has 1 atom stereocenters. The molecule has 0 fully saturated rings. The average molecular weight is 222 g/mol. The summed E-state index contributed by atoms with van der Waals surface area (Å²) in [6.07, 6.45) is 11.9. The van der Waals surface area contributed by atoms with Crippen LogP contribution in [0.4, 0.5) is 0 Å². The summed E-state index contributed by atoms with van der Waals surface area (Å²) >= 11 is 0. The van der Waals surface area contributed by atoms with Crippen molar-refractivity contribution in [2.24, 2.45) is 5.73 Å². The molecule has 0 radical (unpaired) electrons. The number of hydrogen-bond acceptors (Lipinski definition) is 1. The molecule has 0 aliphatic carbocycles. The normalized spacial score (nSPS) is 12.2. The predicted octanol–water partition coefficient (Wildman–Crippen LogP) is 4.29. The summed E-state index contributed by atoms with van der Waals surface area (Å²) in [7, 11) is 0. The standard InChI is InChI=1S/C12H27N.ClH/c1-3-5-7-8-9-11-12(13)10-6-4-2;/h12H,3-11,13H2,1-2H3;1H. The molecule has 2 heteroatoms. The minimum Gasteiger partial charge on any atom is -0.328 e. The zero-order valence-corrected chi connectivity index (χ0v) is 10.7. The summed E-state index contributed by atoms with van der Waals surface area (Å²) in [5.41, 5.74) is 5.97. The molecule has 1 unspecified atom stereocenters. The molecule has 0 rings (SSSR count). The maximum atomic E-state index is 5.97. The number of nitrogens with two attached hydrogens (primary N) is 1. The third-order valence-electron chi connectivity index (χ3n) is 2.61. The number of hydrogen-bond donors (Lipinski definition) is 1. The van der Waals surface area contributed by atoms with Gasteiger partial charge in [0.1, 0.15) is 0 Å². The molecule has 0 bridgehead atoms. The van der Waals surface area contributed by atoms with Gasteiger partial charge in [-0.2, -0.15) is 0 Å². The van der Waals surface area contributed by atoms with E-state index in [1.54, 1.807) is 0 Å². The molecule has 2 N–H and O–H groups in total. The number of unbranched alkanes of at least 4 members (excludes halogenated alkanes) is 5. The fraction of sp³-hybridized carbons (Fsp3) is 1.00. The van der Waals surface area contributed by atoms with Gasteiger partial charge in [0.05, 0.1) is 0 Å². The van der Waals surface area contributed by atoms with Gasteiger partial charge < -0.3 is 5.73 Å². The largest absolute Gasteiger partial charge is 0.328 e. The van der Waals surface area contributed by atoms with Crippen molar-refractivity contribution in [1.82, 2.24) is 0 Å². The first-order valence-corrected chi connectivity index (χ1v) is 6.06. The second kappa shape index (κ2) is 13.2. The van der Waals surface area contributed by atoms with Crippen molar-refractivity contribution in [1.29, 1.82) is 0 Å². The van der Waals surface area contributed by atoms with Crippen LogP contribution in [-0.2, 0) is 0 Å². The Balaban J connectivity index is 0. The highest BCUT2D eigenvalue weighted by Gasteiger charge is 2.00. The van der Waals surface area contributed by atoms with Crippen molar-refractivity contribution in [2.75, 3.05) is 0 Å². The van der Waals surface area contributed by atoms with Crippen molar-refractivity contribution in [3.05, 3.63) is 0 Å². The van der Waals surface area contributed by atoms with E-state index in [4.69, 9.17) is 5.73 Å². The predicted molar refractivity (Wildman–Crippen MR) is 68.1 cm³/mol. The highest BCUT2D eigenvalue weighted by Crippen LogP contribution is 2.09. The van der Waals surface area contributed by atoms with Crippen molar-refractivity contribution in [3.8, 4) is 0 Å². The molecule has 0 amide bonds. The van der Waals surface area contributed by atoms with Crippen molar-refractivity contribution >= 4 is 12.4 Å². The molecule has 0 heterocycles. The van der Waals surface area contributed by atoms with E-state index in [1.165, 1.54) is 57.8 Å². The summed E-state index contributed by atoms with van der Waals surface area (Å²) in [5.74, 6) is 0. The summed E-state index contributed by atoms with van der Waals surface area (Å²) in [6, 6.07) is 0.474. The first kappa shape index (κ1) is 16.7. The summed E-state index contributed by atoms with van der Waals surface area (Å²) in [5, 5.41) is 0. The number of rotatable bonds is 9. The average Bonchev–Trinajstić information content (AvgIpc) is 2.14. The van der Waals surface area contributed by atoms with E-state index in [1.807, 2.05) is 0 Å². The lowest BCUT2D eigenvalue weighted by Crippen LogP contribution is -2.19. The van der Waals surface area contributed by atoms with Crippen LogP contribution in [0.2, 0.25) is 0 Å². The molecule has 14 heavy (non-hydrogen) atoms. The minimum absolute atomic E-state index is 0. The Hall–Kier alpha value is 0.250. The van der Waals surface area contributed by atoms with Crippen LogP contribution in [0.1, 0.15) is 71.6 Å². The van der Waals surface area contributed by atoms with E-state index in [2.05, 4.69) is 13.8 Å². The SMILES string of the molecule is CCCCCCCC(N)CCCC.Cl. The van der Waals surface area contributed by atoms with Crippen LogP contribution in [-0.4, -0.2) is 6.04 Å². The monoisotopic (exact) mass is 221 g/mol. The zero-order valence-electron chi connectivity index (χ0n) is 9.93. The summed E-state index contributed by atoms with van der Waals surface area (Å²) in [4.78, 5) is 0. The van der Waals surface area contributed by atoms with Crippen LogP contribution in [0.15, 0.2) is 0 Å². The van der Waals surface area contributed by atoms with Gasteiger partial charge in [-0.15, -0.1) is 12.4 Å². The molecule has 0 aromatic heterocycles. The van der Waals surface area contributed by atoms with Gasteiger partial charge in [0.15, 0.2) is 0 Å². The molecule has 0 aliphatic heterocycles. The Labute approximate surface area is 96.2 Å². The fourth-order valence-electron chi connectivity index (χ4n) is 1.62. The van der Waals surface area contributed by atoms with Crippen molar-refractivity contribution in [2.45, 2.75) is 77.7 Å². The molecular weight excluding hydrogens is 194 g/mol. The van der Waals surface area contributed by atoms with Crippen LogP contribution in [0.5, 0.6) is 0 Å². The third-order valence-corrected chi connectivity index (χ3v) is 2.61. The Bertz CT molecular complexity index is 96.3. The van der Waals surface area contributed by atoms with Crippen molar-refractivity contribution < 1.29 is 0 Å². The molecule has 0 aromatic rings. The molecule has 0 saturated heterocycles. The van der Waals surface area contributed by atoms with Gasteiger partial charge in [0.25, 0.3) is 0 Å². The maximum Gasteiger partial charge on any atom is 0.00388 e. The smallest absolute Gasteiger partial charge is 0.00388 e. The summed E-state index contributed by atoms with van der Waals surface area (Å²) < 4.78 is 0. The molecule has 88 valence electrons. The minimum atomic E-state index is 0. The quantitative estimate of drug-likeness (QED) is 0.578. The Kier molecular flexibility index (Phi) is 15.8. The zero-order chi connectivity index (χ0) is 9.94. The van der Waals surface area contributed by atoms with E-state index < -0.39 is 0 Å². The maximum absolute atomic E-state index is 5.97. The van der Waals surface area contributed by atoms with Crippen LogP contribution >= 0.6 is 12.4 Å². The van der Waals surface area contributed by atoms with E-state index in [9.17, 15) is 0 Å². The van der Waals surface area contributed by atoms with Gasteiger partial charge in [-0.3, -0.25) is 0 Å². The van der Waals surface area contributed by atoms with Crippen LogP contribution in [0.25, 0.3) is 0 Å². The van der Waals surface area contributed by atoms with E-state index in [-0.39, 0.29) is 12.4 Å². The van der Waals surface area contributed by atoms with Crippen LogP contribution in [0.3, 0.4) is 0 Å². The lowest BCUT2D eigenvalue weighted by Gasteiger charge is -2.09. The van der Waals surface area contributed by atoms with Gasteiger partial charge in [0, 0.05) is 6.04 Å². The second-order valence-electron chi connectivity index (χ2n) is 4.11. The topological polar surface area (TPSA) is 26.0 Å². The van der Waals surface area contributed by atoms with Gasteiger partial charge in [-0.25, -0.2) is 0 Å². The molecule has 0 saturated carbocycles. The first-order valence-electron chi connectivity index (χ1n) is 6.06. The van der Waals surface area contributed by atoms with Gasteiger partial charge in [-0.05, 0) is 12.8 Å². The van der Waals surface area contributed by atoms with E-state index >= 15 is 0 Å². The fourth-order valence-corrected chi connectivity index (χ4v) is 1.62. The molecule has 1 nitrogen and oxygen atoms in total. The Morgan fingerprint density at radius 3 is 1.86 bits per heavy atom. The Morgan fingerprint density at radius 2 is 1.29 bits per heavy atom. The number of halogens is 1. The van der Waals surface area contributed by atoms with Crippen LogP contribution < -0.4 is 5.73 Å². The highest BCUT2D eigenvalue weighted by molar-refractivity contribution is 5.85. The Morgan fingerprint density at radius 1 is 0.786 bits per heavy atom. The lowest BCUT2D eigenvalue weighted by molar-refractivity contribution is 0.501. The molecule has 0 aromatic carbocycles. The van der Waals surface area contributed by atoms with E-state index in [0.717, 1.165) is 0 Å². The lowest BCUT2D eigenvalue weighted by atomic mass is 10.0. The molecule has 0 aliphatic rings. The summed E-state index contributed by atoms with van der Waals surface area (Å²) in [6.45, 7) is 4.49. The molecule has 0 spiro atoms. The van der Waals surface area contributed by atoms with E-state index in [0.29, 0.717) is 6.04 Å². The van der Waals surface area contributed by atoms with Crippen molar-refractivity contribution in [3.63, 3.8) is 0 Å². The second-order valence-corrected chi connectivity index (χ2v) is 4.11. The van der Waals surface area contributed by atoms with Gasteiger partial charge in [0.2, 0.25) is 0 Å². The van der Waals surface area contributed by atoms with Gasteiger partial charge in [-0.1, -0.05) is 58.8 Å². The highest BCUT2D eigenvalue weighted by atomic mass is 35.5. The first-order chi connectivity index (χ1) is 6.31. The third kappa shape index (κ3) is 12.2. The van der Waals surface area contributed by atoms with Crippen LogP contribution in [0, 0.1) is 0 Å². The van der Waals surface area contributed by atoms with Gasteiger partial charge >= 0.3 is 0 Å².